The van der Waals surface area contributed by atoms with Crippen LogP contribution in [0.15, 0.2) is 18.2 Å². The molecule has 4 heteroatoms. The first kappa shape index (κ1) is 13.8. The smallest absolute Gasteiger partial charge is 0.243 e. The first-order chi connectivity index (χ1) is 8.19. The van der Waals surface area contributed by atoms with Crippen molar-refractivity contribution in [1.29, 1.82) is 0 Å². The molecule has 0 aliphatic rings. The first-order valence-corrected chi connectivity index (χ1v) is 6.17. The number of carbonyl (C=O) groups excluding carboxylic acids is 1. The van der Waals surface area contributed by atoms with Crippen molar-refractivity contribution in [1.82, 2.24) is 5.48 Å². The lowest BCUT2D eigenvalue weighted by Gasteiger charge is -2.12. The summed E-state index contributed by atoms with van der Waals surface area (Å²) in [4.78, 5) is 16.3. The lowest BCUT2D eigenvalue weighted by Crippen LogP contribution is -2.22. The SMILES string of the molecule is BCCc1cccc(C)c1CONC(=O)CC. The summed E-state index contributed by atoms with van der Waals surface area (Å²) in [5, 5.41) is 0. The second-order valence-electron chi connectivity index (χ2n) is 4.13. The quantitative estimate of drug-likeness (QED) is 0.598. The summed E-state index contributed by atoms with van der Waals surface area (Å²) >= 11 is 0. The van der Waals surface area contributed by atoms with Crippen molar-refractivity contribution in [3.63, 3.8) is 0 Å². The Morgan fingerprint density at radius 3 is 2.88 bits per heavy atom. The molecule has 0 bridgehead atoms. The van der Waals surface area contributed by atoms with Gasteiger partial charge in [0.1, 0.15) is 14.5 Å². The molecule has 1 N–H and O–H groups in total. The van der Waals surface area contributed by atoms with Gasteiger partial charge in [0.2, 0.25) is 5.91 Å². The summed E-state index contributed by atoms with van der Waals surface area (Å²) < 4.78 is 0. The Morgan fingerprint density at radius 2 is 2.24 bits per heavy atom. The number of nitrogens with one attached hydrogen (secondary N) is 1. The van der Waals surface area contributed by atoms with Gasteiger partial charge in [0.15, 0.2) is 0 Å². The Labute approximate surface area is 104 Å². The van der Waals surface area contributed by atoms with Crippen LogP contribution in [0.1, 0.15) is 30.0 Å². The van der Waals surface area contributed by atoms with E-state index in [1.807, 2.05) is 0 Å². The summed E-state index contributed by atoms with van der Waals surface area (Å²) in [7, 11) is 2.16. The highest BCUT2D eigenvalue weighted by atomic mass is 16.6. The zero-order chi connectivity index (χ0) is 12.7. The number of carbonyl (C=O) groups is 1. The zero-order valence-electron chi connectivity index (χ0n) is 10.9. The largest absolute Gasteiger partial charge is 0.273 e. The molecule has 17 heavy (non-hydrogen) atoms. The Morgan fingerprint density at radius 1 is 1.47 bits per heavy atom. The molecule has 0 unspecified atom stereocenters. The summed E-state index contributed by atoms with van der Waals surface area (Å²) in [6.07, 6.45) is 2.59. The third kappa shape index (κ3) is 4.23. The third-order valence-electron chi connectivity index (χ3n) is 2.75. The zero-order valence-corrected chi connectivity index (χ0v) is 10.9. The molecule has 0 fully saturated rings. The second-order valence-corrected chi connectivity index (χ2v) is 4.13. The maximum atomic E-state index is 11.1. The van der Waals surface area contributed by atoms with Crippen LogP contribution >= 0.6 is 0 Å². The predicted octanol–water partition coefficient (Wildman–Crippen LogP) is 1.55. The molecule has 0 radical (unpaired) electrons. The van der Waals surface area contributed by atoms with Gasteiger partial charge in [-0.3, -0.25) is 9.63 Å². The second kappa shape index (κ2) is 7.12. The van der Waals surface area contributed by atoms with Gasteiger partial charge in [-0.1, -0.05) is 31.4 Å². The van der Waals surface area contributed by atoms with Gasteiger partial charge in [0, 0.05) is 6.42 Å². The molecular formula is C13H20BNO2. The molecule has 0 heterocycles. The monoisotopic (exact) mass is 233 g/mol. The maximum Gasteiger partial charge on any atom is 0.243 e. The Kier molecular flexibility index (Phi) is 5.77. The van der Waals surface area contributed by atoms with Crippen LogP contribution in [0.2, 0.25) is 6.32 Å². The fourth-order valence-corrected chi connectivity index (χ4v) is 1.73. The van der Waals surface area contributed by atoms with Crippen molar-refractivity contribution in [3.05, 3.63) is 34.9 Å². The lowest BCUT2D eigenvalue weighted by molar-refractivity contribution is -0.134. The molecule has 3 nitrogen and oxygen atoms in total. The standard InChI is InChI=1S/C13H20BNO2/c1-3-13(16)15-17-9-12-10(2)5-4-6-11(12)7-8-14/h4-6H,3,7-9,14H2,1-2H3,(H,15,16). The summed E-state index contributed by atoms with van der Waals surface area (Å²) in [6.45, 7) is 4.31. The minimum absolute atomic E-state index is 0.0874. The molecule has 0 aromatic heterocycles. The van der Waals surface area contributed by atoms with Crippen molar-refractivity contribution in [2.24, 2.45) is 0 Å². The molecule has 0 saturated heterocycles. The van der Waals surface area contributed by atoms with Gasteiger partial charge >= 0.3 is 0 Å². The molecule has 92 valence electrons. The Balaban J connectivity index is 2.65. The average molecular weight is 233 g/mol. The fraction of sp³-hybridized carbons (Fsp3) is 0.462. The highest BCUT2D eigenvalue weighted by Gasteiger charge is 2.06. The van der Waals surface area contributed by atoms with Crippen molar-refractivity contribution >= 4 is 13.8 Å². The fourth-order valence-electron chi connectivity index (χ4n) is 1.73. The summed E-state index contributed by atoms with van der Waals surface area (Å²) in [6, 6.07) is 6.25. The summed E-state index contributed by atoms with van der Waals surface area (Å²) in [5.74, 6) is -0.0874. The van der Waals surface area contributed by atoms with Crippen molar-refractivity contribution in [2.75, 3.05) is 0 Å². The number of hydrogen-bond donors (Lipinski definition) is 1. The van der Waals surface area contributed by atoms with E-state index in [1.54, 1.807) is 6.92 Å². The van der Waals surface area contributed by atoms with Crippen LogP contribution in [-0.4, -0.2) is 13.8 Å². The Hall–Kier alpha value is -1.29. The van der Waals surface area contributed by atoms with Crippen LogP contribution in [0.25, 0.3) is 0 Å². The molecule has 1 amide bonds. The topological polar surface area (TPSA) is 38.3 Å². The van der Waals surface area contributed by atoms with E-state index in [2.05, 4.69) is 38.4 Å². The maximum absolute atomic E-state index is 11.1. The van der Waals surface area contributed by atoms with Gasteiger partial charge in [-0.05, 0) is 30.0 Å². The molecule has 1 aromatic rings. The Bertz CT molecular complexity index is 380. The van der Waals surface area contributed by atoms with Gasteiger partial charge in [0.05, 0.1) is 0 Å². The van der Waals surface area contributed by atoms with E-state index in [0.29, 0.717) is 13.0 Å². The molecule has 0 atom stereocenters. The molecule has 0 saturated carbocycles. The number of aryl methyl sites for hydroxylation is 2. The minimum Gasteiger partial charge on any atom is -0.273 e. The summed E-state index contributed by atoms with van der Waals surface area (Å²) in [5.41, 5.74) is 6.14. The van der Waals surface area contributed by atoms with E-state index >= 15 is 0 Å². The van der Waals surface area contributed by atoms with Gasteiger partial charge in [-0.2, -0.15) is 0 Å². The highest BCUT2D eigenvalue weighted by molar-refractivity contribution is 6.08. The normalized spacial score (nSPS) is 10.2. The molecule has 0 spiro atoms. The van der Waals surface area contributed by atoms with Crippen molar-refractivity contribution < 1.29 is 9.63 Å². The number of benzene rings is 1. The van der Waals surface area contributed by atoms with Crippen LogP contribution in [0.5, 0.6) is 0 Å². The first-order valence-electron chi connectivity index (χ1n) is 6.17. The van der Waals surface area contributed by atoms with E-state index < -0.39 is 0 Å². The average Bonchev–Trinajstić information content (AvgIpc) is 2.32. The number of amides is 1. The molecule has 1 rings (SSSR count). The number of rotatable bonds is 6. The number of hydroxylamine groups is 1. The lowest BCUT2D eigenvalue weighted by atomic mass is 9.93. The van der Waals surface area contributed by atoms with Crippen LogP contribution in [0, 0.1) is 6.92 Å². The van der Waals surface area contributed by atoms with Crippen LogP contribution in [0.4, 0.5) is 0 Å². The predicted molar refractivity (Wildman–Crippen MR) is 71.5 cm³/mol. The van der Waals surface area contributed by atoms with Gasteiger partial charge in [-0.25, -0.2) is 5.48 Å². The molecule has 1 aromatic carbocycles. The van der Waals surface area contributed by atoms with E-state index in [1.165, 1.54) is 16.7 Å². The molecule has 0 aliphatic heterocycles. The van der Waals surface area contributed by atoms with Gasteiger partial charge in [-0.15, -0.1) is 0 Å². The highest BCUT2D eigenvalue weighted by Crippen LogP contribution is 2.16. The van der Waals surface area contributed by atoms with Crippen molar-refractivity contribution in [3.8, 4) is 0 Å². The van der Waals surface area contributed by atoms with E-state index in [-0.39, 0.29) is 5.91 Å². The van der Waals surface area contributed by atoms with E-state index in [9.17, 15) is 4.79 Å². The van der Waals surface area contributed by atoms with E-state index in [4.69, 9.17) is 4.84 Å². The van der Waals surface area contributed by atoms with Crippen molar-refractivity contribution in [2.45, 2.75) is 39.6 Å². The van der Waals surface area contributed by atoms with Gasteiger partial charge < -0.3 is 0 Å². The number of hydrogen-bond acceptors (Lipinski definition) is 2. The third-order valence-corrected chi connectivity index (χ3v) is 2.75. The van der Waals surface area contributed by atoms with E-state index in [0.717, 1.165) is 12.7 Å². The van der Waals surface area contributed by atoms with Crippen LogP contribution in [-0.2, 0) is 22.7 Å². The molecule has 0 aliphatic carbocycles. The van der Waals surface area contributed by atoms with Crippen LogP contribution < -0.4 is 5.48 Å². The molecular weight excluding hydrogens is 213 g/mol. The minimum atomic E-state index is -0.0874. The van der Waals surface area contributed by atoms with Crippen LogP contribution in [0.3, 0.4) is 0 Å². The van der Waals surface area contributed by atoms with Gasteiger partial charge in [0.25, 0.3) is 0 Å².